The minimum absolute atomic E-state index is 0.611. The molecule has 2 heterocycles. The van der Waals surface area contributed by atoms with E-state index >= 15 is 0 Å². The summed E-state index contributed by atoms with van der Waals surface area (Å²) in [7, 11) is 6.11. The molecule has 0 bridgehead atoms. The highest BCUT2D eigenvalue weighted by Crippen LogP contribution is 2.18. The molecule has 0 radical (unpaired) electrons. The summed E-state index contributed by atoms with van der Waals surface area (Å²) in [4.78, 5) is 13.7. The fraction of sp³-hybridized carbons (Fsp3) is 0.391. The van der Waals surface area contributed by atoms with Gasteiger partial charge in [0, 0.05) is 32.6 Å². The molecule has 0 fully saturated rings. The lowest BCUT2D eigenvalue weighted by Crippen LogP contribution is -2.36. The second-order valence-electron chi connectivity index (χ2n) is 7.58. The van der Waals surface area contributed by atoms with E-state index in [2.05, 4.69) is 64.1 Å². The van der Waals surface area contributed by atoms with E-state index in [4.69, 9.17) is 9.41 Å². The van der Waals surface area contributed by atoms with Crippen LogP contribution in [0.25, 0.3) is 0 Å². The average molecular weight is 441 g/mol. The molecular weight excluding hydrogens is 408 g/mol. The van der Waals surface area contributed by atoms with Crippen LogP contribution in [-0.4, -0.2) is 43.5 Å². The molecule has 7 nitrogen and oxygen atoms in total. The van der Waals surface area contributed by atoms with E-state index < -0.39 is 0 Å². The van der Waals surface area contributed by atoms with Gasteiger partial charge < -0.3 is 20.0 Å². The summed E-state index contributed by atoms with van der Waals surface area (Å²) >= 11 is 1.64. The van der Waals surface area contributed by atoms with E-state index in [0.717, 1.165) is 42.2 Å². The third-order valence-corrected chi connectivity index (χ3v) is 5.73. The number of guanidine groups is 1. The van der Waals surface area contributed by atoms with E-state index in [9.17, 15) is 0 Å². The first-order valence-electron chi connectivity index (χ1n) is 10.5. The van der Waals surface area contributed by atoms with Crippen molar-refractivity contribution in [3.63, 3.8) is 0 Å². The molecule has 1 aromatic carbocycles. The lowest BCUT2D eigenvalue weighted by atomic mass is 10.1. The van der Waals surface area contributed by atoms with Crippen molar-refractivity contribution in [3.8, 4) is 0 Å². The predicted octanol–water partition coefficient (Wildman–Crippen LogP) is 3.69. The number of benzene rings is 1. The third kappa shape index (κ3) is 7.11. The summed E-state index contributed by atoms with van der Waals surface area (Å²) < 4.78 is 5.47. The summed E-state index contributed by atoms with van der Waals surface area (Å²) in [6.45, 7) is 5.74. The Balaban J connectivity index is 1.61. The molecule has 0 spiro atoms. The molecule has 2 N–H and O–H groups in total. The summed E-state index contributed by atoms with van der Waals surface area (Å²) in [6.07, 6.45) is 1.72. The first-order chi connectivity index (χ1) is 15.0. The van der Waals surface area contributed by atoms with Crippen LogP contribution in [0.2, 0.25) is 0 Å². The van der Waals surface area contributed by atoms with Gasteiger partial charge in [-0.25, -0.2) is 9.98 Å². The maximum atomic E-state index is 5.47. The zero-order chi connectivity index (χ0) is 22.1. The van der Waals surface area contributed by atoms with E-state index in [1.54, 1.807) is 17.6 Å². The number of hydrogen-bond acceptors (Lipinski definition) is 6. The normalized spacial score (nSPS) is 11.7. The van der Waals surface area contributed by atoms with Crippen LogP contribution in [0.15, 0.2) is 57.5 Å². The Bertz CT molecular complexity index is 951. The fourth-order valence-corrected chi connectivity index (χ4v) is 3.90. The zero-order valence-corrected chi connectivity index (χ0v) is 19.6. The second kappa shape index (κ2) is 11.5. The molecule has 31 heavy (non-hydrogen) atoms. The minimum atomic E-state index is 0.611. The van der Waals surface area contributed by atoms with Gasteiger partial charge in [-0.05, 0) is 37.2 Å². The highest BCUT2D eigenvalue weighted by Gasteiger charge is 2.09. The number of thiazole rings is 1. The lowest BCUT2D eigenvalue weighted by Gasteiger charge is -2.17. The monoisotopic (exact) mass is 440 g/mol. The van der Waals surface area contributed by atoms with Gasteiger partial charge in [0.1, 0.15) is 5.76 Å². The van der Waals surface area contributed by atoms with Crippen molar-refractivity contribution in [3.05, 3.63) is 70.6 Å². The Morgan fingerprint density at radius 3 is 2.55 bits per heavy atom. The van der Waals surface area contributed by atoms with E-state index in [0.29, 0.717) is 13.1 Å². The van der Waals surface area contributed by atoms with Crippen molar-refractivity contribution in [1.82, 2.24) is 20.5 Å². The Kier molecular flexibility index (Phi) is 8.49. The number of nitrogens with one attached hydrogen (secondary N) is 2. The van der Waals surface area contributed by atoms with Crippen LogP contribution in [0.4, 0.5) is 5.13 Å². The molecule has 0 aliphatic rings. The number of anilines is 1. The smallest absolute Gasteiger partial charge is 0.191 e. The van der Waals surface area contributed by atoms with Crippen molar-refractivity contribution in [2.24, 2.45) is 4.99 Å². The molecule has 0 aliphatic heterocycles. The number of rotatable bonds is 10. The van der Waals surface area contributed by atoms with E-state index in [1.165, 1.54) is 11.1 Å². The zero-order valence-electron chi connectivity index (χ0n) is 18.8. The van der Waals surface area contributed by atoms with Gasteiger partial charge in [-0.3, -0.25) is 4.90 Å². The van der Waals surface area contributed by atoms with E-state index in [1.807, 2.05) is 31.1 Å². The number of nitrogens with zero attached hydrogens (tertiary/aromatic N) is 4. The van der Waals surface area contributed by atoms with Gasteiger partial charge in [-0.1, -0.05) is 24.3 Å². The standard InChI is InChI=1S/C23H32N6OS/c1-5-24-22(26-14-20-17-31-23(27-20)28(2)3)25-13-18-9-6-7-10-19(18)15-29(4)16-21-11-8-12-30-21/h6-12,17H,5,13-16H2,1-4H3,(H2,24,25,26). The molecular formula is C23H32N6OS. The van der Waals surface area contributed by atoms with Crippen LogP contribution >= 0.6 is 11.3 Å². The van der Waals surface area contributed by atoms with Crippen LogP contribution in [0.3, 0.4) is 0 Å². The summed E-state index contributed by atoms with van der Waals surface area (Å²) in [5, 5.41) is 9.80. The van der Waals surface area contributed by atoms with Crippen molar-refractivity contribution in [1.29, 1.82) is 0 Å². The number of furan rings is 1. The summed E-state index contributed by atoms with van der Waals surface area (Å²) in [5.74, 6) is 1.76. The number of aromatic nitrogens is 1. The summed E-state index contributed by atoms with van der Waals surface area (Å²) in [6, 6.07) is 12.4. The molecule has 8 heteroatoms. The molecule has 0 atom stereocenters. The maximum Gasteiger partial charge on any atom is 0.191 e. The largest absolute Gasteiger partial charge is 0.468 e. The Labute approximate surface area is 188 Å². The van der Waals surface area contributed by atoms with Gasteiger partial charge >= 0.3 is 0 Å². The molecule has 3 aromatic rings. The first-order valence-corrected chi connectivity index (χ1v) is 11.3. The van der Waals surface area contributed by atoms with Crippen molar-refractivity contribution >= 4 is 22.4 Å². The molecule has 0 amide bonds. The number of aliphatic imine (C=N–C) groups is 1. The van der Waals surface area contributed by atoms with Crippen LogP contribution < -0.4 is 15.5 Å². The van der Waals surface area contributed by atoms with Gasteiger partial charge in [-0.15, -0.1) is 11.3 Å². The molecule has 0 aliphatic carbocycles. The van der Waals surface area contributed by atoms with Gasteiger partial charge in [0.2, 0.25) is 0 Å². The minimum Gasteiger partial charge on any atom is -0.468 e. The topological polar surface area (TPSA) is 68.9 Å². The highest BCUT2D eigenvalue weighted by molar-refractivity contribution is 7.13. The second-order valence-corrected chi connectivity index (χ2v) is 8.42. The molecule has 0 saturated heterocycles. The highest BCUT2D eigenvalue weighted by atomic mass is 32.1. The quantitative estimate of drug-likeness (QED) is 0.370. The van der Waals surface area contributed by atoms with Crippen molar-refractivity contribution in [2.45, 2.75) is 33.1 Å². The Morgan fingerprint density at radius 1 is 1.06 bits per heavy atom. The molecule has 0 unspecified atom stereocenters. The Hall–Kier alpha value is -2.84. The molecule has 0 saturated carbocycles. The first kappa shape index (κ1) is 22.8. The van der Waals surface area contributed by atoms with Gasteiger partial charge in [-0.2, -0.15) is 0 Å². The summed E-state index contributed by atoms with van der Waals surface area (Å²) in [5.41, 5.74) is 3.50. The van der Waals surface area contributed by atoms with Crippen molar-refractivity contribution < 1.29 is 4.42 Å². The van der Waals surface area contributed by atoms with Crippen molar-refractivity contribution in [2.75, 3.05) is 32.6 Å². The van der Waals surface area contributed by atoms with Gasteiger partial charge in [0.15, 0.2) is 11.1 Å². The third-order valence-electron chi connectivity index (χ3n) is 4.68. The Morgan fingerprint density at radius 2 is 1.87 bits per heavy atom. The fourth-order valence-electron chi connectivity index (χ4n) is 3.14. The SMILES string of the molecule is CCNC(=NCc1ccccc1CN(C)Cc1ccco1)NCc1csc(N(C)C)n1. The van der Waals surface area contributed by atoms with Crippen LogP contribution in [0, 0.1) is 0 Å². The number of hydrogen-bond donors (Lipinski definition) is 2. The van der Waals surface area contributed by atoms with Crippen LogP contribution in [0.5, 0.6) is 0 Å². The van der Waals surface area contributed by atoms with E-state index in [-0.39, 0.29) is 0 Å². The average Bonchev–Trinajstić information content (AvgIpc) is 3.43. The van der Waals surface area contributed by atoms with Crippen LogP contribution in [-0.2, 0) is 26.2 Å². The lowest BCUT2D eigenvalue weighted by molar-refractivity contribution is 0.287. The van der Waals surface area contributed by atoms with Crippen LogP contribution in [0.1, 0.15) is 29.5 Å². The van der Waals surface area contributed by atoms with Gasteiger partial charge in [0.25, 0.3) is 0 Å². The predicted molar refractivity (Wildman–Crippen MR) is 128 cm³/mol. The molecule has 166 valence electrons. The van der Waals surface area contributed by atoms with Gasteiger partial charge in [0.05, 0.1) is 31.6 Å². The molecule has 3 rings (SSSR count). The molecule has 2 aromatic heterocycles. The maximum absolute atomic E-state index is 5.47.